The van der Waals surface area contributed by atoms with Crippen LogP contribution < -0.4 is 0 Å². The topological polar surface area (TPSA) is 47.6 Å². The van der Waals surface area contributed by atoms with Gasteiger partial charge in [0.1, 0.15) is 17.7 Å². The summed E-state index contributed by atoms with van der Waals surface area (Å²) in [7, 11) is 0. The van der Waals surface area contributed by atoms with Crippen molar-refractivity contribution < 1.29 is 0 Å². The van der Waals surface area contributed by atoms with Gasteiger partial charge in [0.2, 0.25) is 0 Å². The predicted molar refractivity (Wildman–Crippen MR) is 84.7 cm³/mol. The maximum Gasteiger partial charge on any atom is 0.137 e. The predicted octanol–water partition coefficient (Wildman–Crippen LogP) is 4.71. The summed E-state index contributed by atoms with van der Waals surface area (Å²) in [6.07, 6.45) is 5.73. The summed E-state index contributed by atoms with van der Waals surface area (Å²) in [5, 5.41) is 18.7. The molecular weight excluding hydrogens is 296 g/mol. The van der Waals surface area contributed by atoms with E-state index in [-0.39, 0.29) is 5.57 Å². The Bertz CT molecular complexity index is 585. The van der Waals surface area contributed by atoms with E-state index in [1.54, 1.807) is 35.7 Å². The molecule has 0 aliphatic rings. The molecule has 5 heteroatoms. The fourth-order valence-electron chi connectivity index (χ4n) is 1.43. The largest absolute Gasteiger partial charge is 0.192 e. The Hall–Kier alpha value is -1.33. The fourth-order valence-corrected chi connectivity index (χ4v) is 2.80. The third-order valence-corrected chi connectivity index (χ3v) is 4.69. The van der Waals surface area contributed by atoms with Gasteiger partial charge in [-0.1, -0.05) is 29.8 Å². The molecule has 0 fully saturated rings. The molecule has 0 aliphatic heterocycles. The van der Waals surface area contributed by atoms with Crippen molar-refractivity contribution in [2.75, 3.05) is 12.5 Å². The third-order valence-electron chi connectivity index (χ3n) is 2.32. The monoisotopic (exact) mass is 306 g/mol. The maximum absolute atomic E-state index is 9.09. The Kier molecular flexibility index (Phi) is 6.59. The molecular formula is C14H11ClN2S2. The van der Waals surface area contributed by atoms with Gasteiger partial charge in [-0.05, 0) is 24.7 Å². The van der Waals surface area contributed by atoms with Crippen LogP contribution in [0.4, 0.5) is 0 Å². The Morgan fingerprint density at radius 2 is 1.74 bits per heavy atom. The van der Waals surface area contributed by atoms with Gasteiger partial charge < -0.3 is 0 Å². The van der Waals surface area contributed by atoms with Crippen molar-refractivity contribution in [2.24, 2.45) is 0 Å². The summed E-state index contributed by atoms with van der Waals surface area (Å²) >= 11 is 9.28. The summed E-state index contributed by atoms with van der Waals surface area (Å²) in [4.78, 5) is 0. The van der Waals surface area contributed by atoms with Gasteiger partial charge in [0.15, 0.2) is 0 Å². The van der Waals surface area contributed by atoms with E-state index < -0.39 is 0 Å². The molecule has 0 heterocycles. The first-order valence-electron chi connectivity index (χ1n) is 5.27. The molecule has 0 aliphatic carbocycles. The van der Waals surface area contributed by atoms with Crippen LogP contribution in [-0.2, 0) is 0 Å². The lowest BCUT2D eigenvalue weighted by molar-refractivity contribution is 1.46. The molecule has 0 aromatic heterocycles. The zero-order valence-corrected chi connectivity index (χ0v) is 12.9. The van der Waals surface area contributed by atoms with E-state index in [0.717, 1.165) is 4.24 Å². The van der Waals surface area contributed by atoms with Crippen molar-refractivity contribution in [2.45, 2.75) is 0 Å². The summed E-state index contributed by atoms with van der Waals surface area (Å²) in [6.45, 7) is 0. The lowest BCUT2D eigenvalue weighted by Gasteiger charge is -2.07. The van der Waals surface area contributed by atoms with Crippen molar-refractivity contribution >= 4 is 40.7 Å². The Balaban J connectivity index is 3.53. The van der Waals surface area contributed by atoms with Crippen molar-refractivity contribution in [3.63, 3.8) is 0 Å². The lowest BCUT2D eigenvalue weighted by atomic mass is 10.0. The number of rotatable bonds is 4. The van der Waals surface area contributed by atoms with Gasteiger partial charge in [-0.15, -0.1) is 23.5 Å². The van der Waals surface area contributed by atoms with Gasteiger partial charge in [0, 0.05) is 20.4 Å². The highest BCUT2D eigenvalue weighted by Gasteiger charge is 2.11. The quantitative estimate of drug-likeness (QED) is 0.597. The molecule has 1 rings (SSSR count). The van der Waals surface area contributed by atoms with Crippen LogP contribution in [0.1, 0.15) is 5.56 Å². The van der Waals surface area contributed by atoms with E-state index in [1.807, 2.05) is 42.9 Å². The minimum Gasteiger partial charge on any atom is -0.192 e. The molecule has 0 radical (unpaired) electrons. The highest BCUT2D eigenvalue weighted by molar-refractivity contribution is 8.21. The number of nitrogens with zero attached hydrogens (tertiary/aromatic N) is 2. The molecule has 96 valence electrons. The van der Waals surface area contributed by atoms with E-state index in [2.05, 4.69) is 0 Å². The molecule has 0 bridgehead atoms. The molecule has 0 amide bonds. The van der Waals surface area contributed by atoms with Crippen molar-refractivity contribution in [3.8, 4) is 12.1 Å². The van der Waals surface area contributed by atoms with Crippen LogP contribution in [0.15, 0.2) is 40.2 Å². The molecule has 0 N–H and O–H groups in total. The van der Waals surface area contributed by atoms with Gasteiger partial charge in [0.25, 0.3) is 0 Å². The highest BCUT2D eigenvalue weighted by Crippen LogP contribution is 2.32. The molecule has 0 saturated heterocycles. The van der Waals surface area contributed by atoms with E-state index in [9.17, 15) is 0 Å². The second-order valence-electron chi connectivity index (χ2n) is 3.36. The molecule has 1 aromatic carbocycles. The first-order chi connectivity index (χ1) is 9.17. The molecule has 2 nitrogen and oxygen atoms in total. The van der Waals surface area contributed by atoms with E-state index in [1.165, 1.54) is 0 Å². The number of hydrogen-bond acceptors (Lipinski definition) is 4. The zero-order valence-electron chi connectivity index (χ0n) is 10.5. The van der Waals surface area contributed by atoms with Gasteiger partial charge in [0.05, 0.1) is 0 Å². The summed E-state index contributed by atoms with van der Waals surface area (Å²) in [5.41, 5.74) is 1.32. The van der Waals surface area contributed by atoms with Crippen molar-refractivity contribution in [1.29, 1.82) is 10.5 Å². The molecule has 19 heavy (non-hydrogen) atoms. The van der Waals surface area contributed by atoms with Crippen LogP contribution in [0, 0.1) is 22.7 Å². The maximum atomic E-state index is 9.09. The molecule has 1 aromatic rings. The average Bonchev–Trinajstić information content (AvgIpc) is 2.44. The van der Waals surface area contributed by atoms with E-state index >= 15 is 0 Å². The average molecular weight is 307 g/mol. The highest BCUT2D eigenvalue weighted by atomic mass is 35.5. The van der Waals surface area contributed by atoms with Crippen LogP contribution in [0.25, 0.3) is 5.57 Å². The van der Waals surface area contributed by atoms with Crippen LogP contribution >= 0.6 is 35.1 Å². The second-order valence-corrected chi connectivity index (χ2v) is 5.73. The first kappa shape index (κ1) is 15.7. The first-order valence-corrected chi connectivity index (χ1v) is 8.09. The van der Waals surface area contributed by atoms with Gasteiger partial charge >= 0.3 is 0 Å². The lowest BCUT2D eigenvalue weighted by Crippen LogP contribution is -1.89. The van der Waals surface area contributed by atoms with Crippen LogP contribution in [0.2, 0.25) is 5.02 Å². The minimum absolute atomic E-state index is 0.0636. The van der Waals surface area contributed by atoms with Gasteiger partial charge in [-0.2, -0.15) is 10.5 Å². The number of halogens is 1. The van der Waals surface area contributed by atoms with Crippen molar-refractivity contribution in [3.05, 3.63) is 50.7 Å². The van der Waals surface area contributed by atoms with Gasteiger partial charge in [-0.25, -0.2) is 0 Å². The molecule has 0 spiro atoms. The van der Waals surface area contributed by atoms with Crippen molar-refractivity contribution in [1.82, 2.24) is 0 Å². The molecule has 0 atom stereocenters. The number of benzene rings is 1. The van der Waals surface area contributed by atoms with Crippen LogP contribution in [0.3, 0.4) is 0 Å². The number of hydrogen-bond donors (Lipinski definition) is 0. The van der Waals surface area contributed by atoms with Crippen LogP contribution in [0.5, 0.6) is 0 Å². The Labute approximate surface area is 126 Å². The third kappa shape index (κ3) is 4.08. The normalized spacial score (nSPS) is 9.11. The Morgan fingerprint density at radius 1 is 1.16 bits per heavy atom. The minimum atomic E-state index is 0.0636. The number of nitriles is 2. The van der Waals surface area contributed by atoms with E-state index in [0.29, 0.717) is 16.2 Å². The second kappa shape index (κ2) is 7.96. The summed E-state index contributed by atoms with van der Waals surface area (Å²) in [6, 6.07) is 11.1. The smallest absolute Gasteiger partial charge is 0.137 e. The van der Waals surface area contributed by atoms with Crippen LogP contribution in [-0.4, -0.2) is 12.5 Å². The number of thioether (sulfide) groups is 2. The molecule has 0 saturated carbocycles. The van der Waals surface area contributed by atoms with Gasteiger partial charge in [-0.3, -0.25) is 0 Å². The zero-order chi connectivity index (χ0) is 14.3. The summed E-state index contributed by atoms with van der Waals surface area (Å²) < 4.78 is 1.01. The summed E-state index contributed by atoms with van der Waals surface area (Å²) in [5.74, 6) is 0. The molecule has 0 unspecified atom stereocenters. The standard InChI is InChI=1S/C14H11ClN2S2/c1-18-14(19-2)7-12(10(8-16)9-17)11-5-3-4-6-13(11)15/h3-7H,1-2H3. The number of allylic oxidation sites excluding steroid dienone is 3. The van der Waals surface area contributed by atoms with E-state index in [4.69, 9.17) is 22.1 Å². The SMILES string of the molecule is CSC(=CC(=C(C#N)C#N)c1ccccc1Cl)SC. The fraction of sp³-hybridized carbons (Fsp3) is 0.143. The Morgan fingerprint density at radius 3 is 2.21 bits per heavy atom.